The molecule has 1 rings (SSSR count). The van der Waals surface area contributed by atoms with Gasteiger partial charge in [0.15, 0.2) is 0 Å². The van der Waals surface area contributed by atoms with Crippen molar-refractivity contribution < 1.29 is 29.3 Å². The highest BCUT2D eigenvalue weighted by Gasteiger charge is 2.29. The highest BCUT2D eigenvalue weighted by Crippen LogP contribution is 2.34. The smallest absolute Gasteiger partial charge is 0.348 e. The molecule has 1 unspecified atom stereocenters. The molecular formula is C11H8I3NO6. The number of benzene rings is 1. The van der Waals surface area contributed by atoms with Gasteiger partial charge in [-0.25, -0.2) is 14.4 Å². The van der Waals surface area contributed by atoms with Gasteiger partial charge in [0.25, 0.3) is 0 Å². The number of anilines is 1. The second-order valence-electron chi connectivity index (χ2n) is 3.80. The number of esters is 2. The molecule has 7 nitrogen and oxygen atoms in total. The number of carboxylic acid groups (broad SMARTS) is 1. The lowest BCUT2D eigenvalue weighted by Crippen LogP contribution is -2.25. The second kappa shape index (κ2) is 7.36. The number of aliphatic hydroxyl groups excluding tert-OH is 1. The van der Waals surface area contributed by atoms with Gasteiger partial charge >= 0.3 is 17.9 Å². The minimum absolute atomic E-state index is 0.111. The Kier molecular flexibility index (Phi) is 6.60. The summed E-state index contributed by atoms with van der Waals surface area (Å²) in [7, 11) is 0. The number of ether oxygens (including phenoxy) is 1. The van der Waals surface area contributed by atoms with Crippen LogP contribution in [0.25, 0.3) is 0 Å². The maximum absolute atomic E-state index is 12.0. The van der Waals surface area contributed by atoms with E-state index in [1.807, 2.05) is 0 Å². The first-order chi connectivity index (χ1) is 9.59. The topological polar surface area (TPSA) is 127 Å². The minimum Gasteiger partial charge on any atom is -0.478 e. The molecule has 1 aromatic rings. The number of hydrogen-bond donors (Lipinski definition) is 3. The lowest BCUT2D eigenvalue weighted by molar-refractivity contribution is -0.146. The number of rotatable bonds is 3. The van der Waals surface area contributed by atoms with Crippen molar-refractivity contribution in [1.29, 1.82) is 0 Å². The number of carboxylic acids is 1. The first-order valence-corrected chi connectivity index (χ1v) is 8.46. The quantitative estimate of drug-likeness (QED) is 0.201. The van der Waals surface area contributed by atoms with Crippen LogP contribution in [0.15, 0.2) is 0 Å². The molecule has 0 aliphatic heterocycles. The summed E-state index contributed by atoms with van der Waals surface area (Å²) >= 11 is 5.23. The zero-order valence-electron chi connectivity index (χ0n) is 10.3. The van der Waals surface area contributed by atoms with Crippen LogP contribution in [-0.2, 0) is 9.53 Å². The molecule has 0 heterocycles. The van der Waals surface area contributed by atoms with Gasteiger partial charge in [0.1, 0.15) is 6.10 Å². The van der Waals surface area contributed by atoms with Gasteiger partial charge in [-0.1, -0.05) is 0 Å². The van der Waals surface area contributed by atoms with Crippen LogP contribution in [0.4, 0.5) is 5.69 Å². The van der Waals surface area contributed by atoms with Crippen LogP contribution in [0.1, 0.15) is 27.6 Å². The predicted molar refractivity (Wildman–Crippen MR) is 98.1 cm³/mol. The van der Waals surface area contributed by atoms with Crippen molar-refractivity contribution in [2.45, 2.75) is 13.0 Å². The van der Waals surface area contributed by atoms with E-state index in [-0.39, 0.29) is 24.0 Å². The number of aliphatic hydroxyl groups is 1. The number of nitrogen functional groups attached to an aromatic ring is 1. The third kappa shape index (κ3) is 3.95. The Bertz CT molecular complexity index is 644. The van der Waals surface area contributed by atoms with E-state index in [1.54, 1.807) is 67.8 Å². The zero-order valence-corrected chi connectivity index (χ0v) is 16.8. The van der Waals surface area contributed by atoms with Gasteiger partial charge in [-0.2, -0.15) is 0 Å². The van der Waals surface area contributed by atoms with E-state index in [0.29, 0.717) is 3.57 Å². The van der Waals surface area contributed by atoms with Gasteiger partial charge in [-0.3, -0.25) is 0 Å². The van der Waals surface area contributed by atoms with Gasteiger partial charge in [0.05, 0.1) is 24.0 Å². The highest BCUT2D eigenvalue weighted by atomic mass is 127. The van der Waals surface area contributed by atoms with E-state index in [0.717, 1.165) is 6.92 Å². The van der Waals surface area contributed by atoms with Gasteiger partial charge < -0.3 is 20.7 Å². The molecule has 0 radical (unpaired) electrons. The molecule has 0 aliphatic rings. The summed E-state index contributed by atoms with van der Waals surface area (Å²) in [6.45, 7) is 1.15. The Labute approximate surface area is 160 Å². The highest BCUT2D eigenvalue weighted by molar-refractivity contribution is 14.1. The van der Waals surface area contributed by atoms with Crippen LogP contribution in [0.2, 0.25) is 0 Å². The summed E-state index contributed by atoms with van der Waals surface area (Å²) in [5, 5.41) is 18.3. The van der Waals surface area contributed by atoms with E-state index in [2.05, 4.69) is 4.74 Å². The Balaban J connectivity index is 3.47. The van der Waals surface area contributed by atoms with Crippen molar-refractivity contribution >= 4 is 91.4 Å². The Morgan fingerprint density at radius 3 is 2.00 bits per heavy atom. The molecule has 1 atom stereocenters. The third-order valence-electron chi connectivity index (χ3n) is 2.30. The number of carbonyl (C=O) groups is 3. The van der Waals surface area contributed by atoms with E-state index >= 15 is 0 Å². The lowest BCUT2D eigenvalue weighted by Gasteiger charge is -2.14. The van der Waals surface area contributed by atoms with Crippen molar-refractivity contribution in [2.24, 2.45) is 0 Å². The maximum atomic E-state index is 12.0. The monoisotopic (exact) mass is 631 g/mol. The fourth-order valence-electron chi connectivity index (χ4n) is 1.28. The molecular weight excluding hydrogens is 623 g/mol. The number of aromatic carboxylic acids is 1. The Hall–Kier alpha value is -0.220. The summed E-state index contributed by atoms with van der Waals surface area (Å²) in [6.07, 6.45) is -1.47. The van der Waals surface area contributed by atoms with Crippen LogP contribution in [0, 0.1) is 10.7 Å². The summed E-state index contributed by atoms with van der Waals surface area (Å²) in [5.74, 6) is -3.43. The third-order valence-corrected chi connectivity index (χ3v) is 5.62. The minimum atomic E-state index is -1.47. The molecule has 10 heteroatoms. The molecule has 0 amide bonds. The van der Waals surface area contributed by atoms with Crippen molar-refractivity contribution in [3.05, 3.63) is 21.8 Å². The van der Waals surface area contributed by atoms with Gasteiger partial charge in [-0.05, 0) is 74.7 Å². The number of halogens is 3. The van der Waals surface area contributed by atoms with E-state index in [9.17, 15) is 19.5 Å². The molecule has 21 heavy (non-hydrogen) atoms. The van der Waals surface area contributed by atoms with E-state index in [4.69, 9.17) is 10.8 Å². The summed E-state index contributed by atoms with van der Waals surface area (Å²) in [4.78, 5) is 34.6. The Morgan fingerprint density at radius 2 is 1.57 bits per heavy atom. The summed E-state index contributed by atoms with van der Waals surface area (Å²) < 4.78 is 5.20. The molecule has 1 aromatic carbocycles. The molecule has 0 spiro atoms. The van der Waals surface area contributed by atoms with Crippen LogP contribution in [0.3, 0.4) is 0 Å². The first kappa shape index (κ1) is 18.8. The average Bonchev–Trinajstić information content (AvgIpc) is 2.35. The lowest BCUT2D eigenvalue weighted by atomic mass is 10.1. The maximum Gasteiger partial charge on any atom is 0.348 e. The molecule has 0 fully saturated rings. The zero-order chi connectivity index (χ0) is 16.5. The van der Waals surface area contributed by atoms with Crippen molar-refractivity contribution in [3.8, 4) is 0 Å². The molecule has 0 bridgehead atoms. The van der Waals surface area contributed by atoms with Crippen LogP contribution in [-0.4, -0.2) is 34.2 Å². The molecule has 0 saturated carbocycles. The van der Waals surface area contributed by atoms with Gasteiger partial charge in [-0.15, -0.1) is 0 Å². The molecule has 0 aliphatic carbocycles. The molecule has 0 saturated heterocycles. The predicted octanol–water partition coefficient (Wildman–Crippen LogP) is 1.84. The standard InChI is InChI=1S/C11H8I3NO6/c1-2(16)10(19)21-11(20)4-5(12)3(9(17)18)6(13)8(15)7(4)14/h2,16H,15H2,1H3,(H,17,18). The average molecular weight is 631 g/mol. The van der Waals surface area contributed by atoms with Crippen LogP contribution in [0.5, 0.6) is 0 Å². The fraction of sp³-hybridized carbons (Fsp3) is 0.182. The number of carbonyl (C=O) groups excluding carboxylic acids is 2. The molecule has 114 valence electrons. The normalized spacial score (nSPS) is 11.9. The van der Waals surface area contributed by atoms with Gasteiger partial charge in [0.2, 0.25) is 0 Å². The first-order valence-electron chi connectivity index (χ1n) is 5.22. The van der Waals surface area contributed by atoms with Crippen LogP contribution < -0.4 is 5.73 Å². The second-order valence-corrected chi connectivity index (χ2v) is 7.03. The van der Waals surface area contributed by atoms with Crippen LogP contribution >= 0.6 is 67.8 Å². The number of nitrogens with two attached hydrogens (primary N) is 1. The van der Waals surface area contributed by atoms with Gasteiger partial charge in [0, 0.05) is 3.57 Å². The largest absolute Gasteiger partial charge is 0.478 e. The summed E-state index contributed by atoms with van der Waals surface area (Å²) in [6, 6.07) is 0. The van der Waals surface area contributed by atoms with Crippen molar-refractivity contribution in [1.82, 2.24) is 0 Å². The van der Waals surface area contributed by atoms with Crippen molar-refractivity contribution in [2.75, 3.05) is 5.73 Å². The fourth-order valence-corrected chi connectivity index (χ4v) is 5.35. The van der Waals surface area contributed by atoms with E-state index in [1.165, 1.54) is 0 Å². The molecule has 4 N–H and O–H groups in total. The summed E-state index contributed by atoms with van der Waals surface area (Å²) in [5.41, 5.74) is 5.67. The van der Waals surface area contributed by atoms with E-state index < -0.39 is 24.0 Å². The number of hydrogen-bond acceptors (Lipinski definition) is 6. The molecule has 0 aromatic heterocycles. The van der Waals surface area contributed by atoms with Crippen molar-refractivity contribution in [3.63, 3.8) is 0 Å². The Morgan fingerprint density at radius 1 is 1.10 bits per heavy atom. The SMILES string of the molecule is CC(O)C(=O)OC(=O)c1c(I)c(N)c(I)c(C(=O)O)c1I.